The minimum atomic E-state index is -0.394. The van der Waals surface area contributed by atoms with Crippen LogP contribution in [0.1, 0.15) is 245 Å². The molecule has 0 aliphatic carbocycles. The first kappa shape index (κ1) is 42.2. The zero-order valence-corrected chi connectivity index (χ0v) is 31.6. The second kappa shape index (κ2) is 39.2. The Morgan fingerprint density at radius 1 is 0.214 bits per heavy atom. The highest BCUT2D eigenvalue weighted by atomic mass is 28.3. The van der Waals surface area contributed by atoms with Crippen molar-refractivity contribution in [2.75, 3.05) is 0 Å². The second-order valence-electron chi connectivity index (χ2n) is 14.7. The van der Waals surface area contributed by atoms with E-state index in [1.165, 1.54) is 218 Å². The van der Waals surface area contributed by atoms with E-state index in [1.807, 2.05) is 0 Å². The van der Waals surface area contributed by atoms with Crippen molar-refractivity contribution in [3.63, 3.8) is 0 Å². The highest BCUT2D eigenvalue weighted by Crippen LogP contribution is 2.18. The monoisotopic (exact) mass is 607 g/mol. The summed E-state index contributed by atoms with van der Waals surface area (Å²) in [7, 11) is -0.394. The van der Waals surface area contributed by atoms with E-state index in [0.29, 0.717) is 0 Å². The minimum Gasteiger partial charge on any atom is -0.0720 e. The van der Waals surface area contributed by atoms with Crippen LogP contribution in [-0.2, 0) is 0 Å². The highest BCUT2D eigenvalue weighted by Gasteiger charge is 2.04. The fourth-order valence-corrected chi connectivity index (χ4v) is 9.19. The lowest BCUT2D eigenvalue weighted by Gasteiger charge is -2.10. The van der Waals surface area contributed by atoms with Crippen molar-refractivity contribution in [3.8, 4) is 0 Å². The lowest BCUT2D eigenvalue weighted by atomic mass is 10.0. The minimum absolute atomic E-state index is 0.394. The molecule has 0 radical (unpaired) electrons. The predicted molar refractivity (Wildman–Crippen MR) is 200 cm³/mol. The molecule has 0 aliphatic heterocycles. The van der Waals surface area contributed by atoms with Crippen LogP contribution in [-0.4, -0.2) is 8.80 Å². The molecule has 42 heavy (non-hydrogen) atoms. The van der Waals surface area contributed by atoms with Crippen LogP contribution in [0.15, 0.2) is 0 Å². The number of hydrogen-bond donors (Lipinski definition) is 0. The molecule has 0 atom stereocenters. The topological polar surface area (TPSA) is 0 Å². The molecule has 254 valence electrons. The van der Waals surface area contributed by atoms with Crippen molar-refractivity contribution in [2.24, 2.45) is 0 Å². The maximum absolute atomic E-state index is 2.65. The second-order valence-corrected chi connectivity index (χ2v) is 18.1. The van der Waals surface area contributed by atoms with Gasteiger partial charge in [0.25, 0.3) is 0 Å². The standard InChI is InChI=1S/C41H86Si/c1-4-6-8-10-12-14-16-18-20-22-24-26-28-30-32-34-36-38-40-42(3)41-39-37-35-33-31-29-27-25-23-21-19-17-15-13-11-9-7-5-2/h42H,4-41H2,1-3H3. The van der Waals surface area contributed by atoms with Crippen molar-refractivity contribution in [2.45, 2.75) is 264 Å². The van der Waals surface area contributed by atoms with Crippen molar-refractivity contribution in [1.29, 1.82) is 0 Å². The van der Waals surface area contributed by atoms with Crippen molar-refractivity contribution in [3.05, 3.63) is 0 Å². The quantitative estimate of drug-likeness (QED) is 0.0484. The Bertz CT molecular complexity index is 406. The van der Waals surface area contributed by atoms with Crippen LogP contribution in [0, 0.1) is 0 Å². The average Bonchev–Trinajstić information content (AvgIpc) is 3.00. The molecule has 0 fully saturated rings. The summed E-state index contributed by atoms with van der Waals surface area (Å²) < 4.78 is 0. The van der Waals surface area contributed by atoms with Gasteiger partial charge in [-0.2, -0.15) is 0 Å². The van der Waals surface area contributed by atoms with Gasteiger partial charge < -0.3 is 0 Å². The van der Waals surface area contributed by atoms with Crippen LogP contribution < -0.4 is 0 Å². The normalized spacial score (nSPS) is 11.7. The predicted octanol–water partition coefficient (Wildman–Crippen LogP) is 15.9. The Labute approximate surface area is 271 Å². The molecule has 0 nitrogen and oxygen atoms in total. The van der Waals surface area contributed by atoms with Gasteiger partial charge in [0, 0.05) is 8.80 Å². The molecule has 0 saturated heterocycles. The summed E-state index contributed by atoms with van der Waals surface area (Å²) in [6.45, 7) is 7.28. The van der Waals surface area contributed by atoms with E-state index in [2.05, 4.69) is 20.4 Å². The summed E-state index contributed by atoms with van der Waals surface area (Å²) in [5, 5.41) is 0. The Morgan fingerprint density at radius 3 is 0.524 bits per heavy atom. The van der Waals surface area contributed by atoms with E-state index in [9.17, 15) is 0 Å². The van der Waals surface area contributed by atoms with Gasteiger partial charge in [-0.05, 0) is 0 Å². The summed E-state index contributed by atoms with van der Waals surface area (Å²) in [5.74, 6) is 0. The molecule has 0 aromatic carbocycles. The first-order chi connectivity index (χ1) is 20.8. The molecule has 0 bridgehead atoms. The van der Waals surface area contributed by atoms with Gasteiger partial charge in [-0.15, -0.1) is 0 Å². The average molecular weight is 607 g/mol. The summed E-state index contributed by atoms with van der Waals surface area (Å²) >= 11 is 0. The molecular formula is C41H86Si. The lowest BCUT2D eigenvalue weighted by Crippen LogP contribution is -2.05. The molecule has 0 saturated carbocycles. The first-order valence-electron chi connectivity index (χ1n) is 20.8. The third-order valence-electron chi connectivity index (χ3n) is 10.1. The maximum atomic E-state index is 2.65. The van der Waals surface area contributed by atoms with E-state index in [0.717, 1.165) is 0 Å². The Kier molecular flexibility index (Phi) is 39.4. The Morgan fingerprint density at radius 2 is 0.357 bits per heavy atom. The molecule has 0 aromatic heterocycles. The van der Waals surface area contributed by atoms with E-state index in [4.69, 9.17) is 0 Å². The maximum Gasteiger partial charge on any atom is 0.0336 e. The Balaban J connectivity index is 3.13. The highest BCUT2D eigenvalue weighted by molar-refractivity contribution is 6.57. The molecule has 0 amide bonds. The smallest absolute Gasteiger partial charge is 0.0336 e. The van der Waals surface area contributed by atoms with E-state index in [-0.39, 0.29) is 0 Å². The van der Waals surface area contributed by atoms with Gasteiger partial charge in [0.15, 0.2) is 0 Å². The van der Waals surface area contributed by atoms with E-state index >= 15 is 0 Å². The van der Waals surface area contributed by atoms with Gasteiger partial charge in [0.2, 0.25) is 0 Å². The molecule has 1 heteroatoms. The van der Waals surface area contributed by atoms with Crippen LogP contribution in [0.4, 0.5) is 0 Å². The summed E-state index contributed by atoms with van der Waals surface area (Å²) in [6, 6.07) is 3.25. The van der Waals surface area contributed by atoms with Crippen LogP contribution in [0.3, 0.4) is 0 Å². The summed E-state index contributed by atoms with van der Waals surface area (Å²) in [6.07, 6.45) is 53.6. The van der Waals surface area contributed by atoms with Gasteiger partial charge in [0.05, 0.1) is 0 Å². The van der Waals surface area contributed by atoms with Gasteiger partial charge in [-0.1, -0.05) is 264 Å². The molecule has 0 aliphatic rings. The number of hydrogen-bond acceptors (Lipinski definition) is 0. The molecule has 0 spiro atoms. The van der Waals surface area contributed by atoms with E-state index in [1.54, 1.807) is 24.9 Å². The largest absolute Gasteiger partial charge is 0.0720 e. The van der Waals surface area contributed by atoms with Crippen LogP contribution in [0.5, 0.6) is 0 Å². The van der Waals surface area contributed by atoms with Crippen LogP contribution in [0.25, 0.3) is 0 Å². The SMILES string of the molecule is CCCCCCCCCCCCCCCCCCCC[SiH](C)CCCCCCCCCCCCCCCCCCCC. The van der Waals surface area contributed by atoms with Gasteiger partial charge in [0.1, 0.15) is 0 Å². The van der Waals surface area contributed by atoms with Crippen LogP contribution >= 0.6 is 0 Å². The van der Waals surface area contributed by atoms with Crippen molar-refractivity contribution >= 4 is 8.80 Å². The summed E-state index contributed by atoms with van der Waals surface area (Å²) in [5.41, 5.74) is 0. The van der Waals surface area contributed by atoms with E-state index < -0.39 is 8.80 Å². The fraction of sp³-hybridized carbons (Fsp3) is 1.00. The molecule has 0 unspecified atom stereocenters. The van der Waals surface area contributed by atoms with Gasteiger partial charge >= 0.3 is 0 Å². The molecule has 0 aromatic rings. The molecule has 0 N–H and O–H groups in total. The van der Waals surface area contributed by atoms with Crippen LogP contribution in [0.2, 0.25) is 18.6 Å². The Hall–Kier alpha value is 0.217. The zero-order chi connectivity index (χ0) is 30.4. The number of unbranched alkanes of at least 4 members (excludes halogenated alkanes) is 34. The molecule has 0 heterocycles. The fourth-order valence-electron chi connectivity index (χ4n) is 6.93. The first-order valence-corrected chi connectivity index (χ1v) is 23.6. The lowest BCUT2D eigenvalue weighted by molar-refractivity contribution is 0.526. The van der Waals surface area contributed by atoms with Gasteiger partial charge in [-0.3, -0.25) is 0 Å². The molecular weight excluding hydrogens is 521 g/mol. The number of rotatable bonds is 38. The van der Waals surface area contributed by atoms with Crippen molar-refractivity contribution in [1.82, 2.24) is 0 Å². The zero-order valence-electron chi connectivity index (χ0n) is 30.4. The van der Waals surface area contributed by atoms with Crippen molar-refractivity contribution < 1.29 is 0 Å². The third kappa shape index (κ3) is 38.2. The summed E-state index contributed by atoms with van der Waals surface area (Å²) in [4.78, 5) is 0. The van der Waals surface area contributed by atoms with Gasteiger partial charge in [-0.25, -0.2) is 0 Å². The third-order valence-corrected chi connectivity index (χ3v) is 12.9. The molecule has 0 rings (SSSR count).